The Bertz CT molecular complexity index is 1150. The van der Waals surface area contributed by atoms with E-state index in [4.69, 9.17) is 4.74 Å². The van der Waals surface area contributed by atoms with Gasteiger partial charge in [0.2, 0.25) is 0 Å². The predicted molar refractivity (Wildman–Crippen MR) is 123 cm³/mol. The van der Waals surface area contributed by atoms with Crippen LogP contribution in [0.4, 0.5) is 17.6 Å². The number of rotatable bonds is 6. The monoisotopic (exact) mass is 454 g/mol. The number of ether oxygens (including phenoxy) is 1. The van der Waals surface area contributed by atoms with Crippen molar-refractivity contribution in [1.29, 1.82) is 0 Å². The molecule has 1 saturated heterocycles. The van der Waals surface area contributed by atoms with Crippen LogP contribution in [0.15, 0.2) is 61.2 Å². The van der Waals surface area contributed by atoms with Gasteiger partial charge >= 0.3 is 0 Å². The van der Waals surface area contributed by atoms with Crippen LogP contribution in [0, 0.1) is 23.3 Å². The molecule has 5 heteroatoms. The Labute approximate surface area is 191 Å². The highest BCUT2D eigenvalue weighted by atomic mass is 19.2. The molecule has 3 aromatic rings. The summed E-state index contributed by atoms with van der Waals surface area (Å²) in [6.45, 7) is 5.94. The molecule has 1 nitrogen and oxygen atoms in total. The number of aryl methyl sites for hydroxylation is 1. The third-order valence-corrected chi connectivity index (χ3v) is 6.34. The van der Waals surface area contributed by atoms with Gasteiger partial charge < -0.3 is 4.74 Å². The van der Waals surface area contributed by atoms with Crippen LogP contribution in [-0.4, -0.2) is 12.7 Å². The summed E-state index contributed by atoms with van der Waals surface area (Å²) in [4.78, 5) is 0. The van der Waals surface area contributed by atoms with E-state index in [0.29, 0.717) is 41.7 Å². The van der Waals surface area contributed by atoms with Crippen LogP contribution in [0.5, 0.6) is 0 Å². The Morgan fingerprint density at radius 2 is 1.42 bits per heavy atom. The highest BCUT2D eigenvalue weighted by Gasteiger charge is 2.25. The summed E-state index contributed by atoms with van der Waals surface area (Å²) in [5.41, 5.74) is 1.78. The van der Waals surface area contributed by atoms with E-state index in [9.17, 15) is 17.6 Å². The Morgan fingerprint density at radius 3 is 2.00 bits per heavy atom. The molecule has 3 aromatic carbocycles. The quantitative estimate of drug-likeness (QED) is 0.271. The second kappa shape index (κ2) is 9.92. The van der Waals surface area contributed by atoms with Crippen molar-refractivity contribution in [2.24, 2.45) is 0 Å². The zero-order chi connectivity index (χ0) is 23.5. The third-order valence-electron chi connectivity index (χ3n) is 6.34. The van der Waals surface area contributed by atoms with Gasteiger partial charge in [0, 0.05) is 17.0 Å². The molecule has 0 amide bonds. The first-order valence-corrected chi connectivity index (χ1v) is 11.2. The van der Waals surface area contributed by atoms with Gasteiger partial charge in [0.05, 0.1) is 12.7 Å². The molecular formula is C28H26F4O. The van der Waals surface area contributed by atoms with E-state index in [2.05, 4.69) is 6.58 Å². The van der Waals surface area contributed by atoms with Gasteiger partial charge in [-0.3, -0.25) is 0 Å². The van der Waals surface area contributed by atoms with Crippen molar-refractivity contribution >= 4 is 0 Å². The van der Waals surface area contributed by atoms with Crippen molar-refractivity contribution in [3.63, 3.8) is 0 Å². The van der Waals surface area contributed by atoms with Gasteiger partial charge in [-0.15, -0.1) is 6.58 Å². The summed E-state index contributed by atoms with van der Waals surface area (Å²) < 4.78 is 64.5. The van der Waals surface area contributed by atoms with Gasteiger partial charge in [-0.2, -0.15) is 0 Å². The van der Waals surface area contributed by atoms with Crippen LogP contribution in [0.1, 0.15) is 43.2 Å². The molecule has 0 aromatic heterocycles. The number of halogens is 4. The summed E-state index contributed by atoms with van der Waals surface area (Å²) in [5.74, 6) is -3.73. The molecule has 0 bridgehead atoms. The van der Waals surface area contributed by atoms with E-state index < -0.39 is 23.3 Å². The van der Waals surface area contributed by atoms with Crippen molar-refractivity contribution in [2.45, 2.75) is 44.6 Å². The minimum atomic E-state index is -0.921. The molecule has 0 aliphatic carbocycles. The van der Waals surface area contributed by atoms with Gasteiger partial charge in [0.1, 0.15) is 0 Å². The molecule has 172 valence electrons. The fourth-order valence-electron chi connectivity index (χ4n) is 4.32. The average molecular weight is 455 g/mol. The number of benzene rings is 3. The lowest BCUT2D eigenvalue weighted by molar-refractivity contribution is 0.0147. The number of hydrogen-bond donors (Lipinski definition) is 0. The van der Waals surface area contributed by atoms with Gasteiger partial charge in [0.15, 0.2) is 23.3 Å². The fraction of sp³-hybridized carbons (Fsp3) is 0.286. The second-order valence-electron chi connectivity index (χ2n) is 8.55. The summed E-state index contributed by atoms with van der Waals surface area (Å²) in [7, 11) is 0. The Kier molecular flexibility index (Phi) is 6.99. The predicted octanol–water partition coefficient (Wildman–Crippen LogP) is 7.98. The second-order valence-corrected chi connectivity index (χ2v) is 8.55. The van der Waals surface area contributed by atoms with E-state index >= 15 is 0 Å². The highest BCUT2D eigenvalue weighted by Crippen LogP contribution is 2.35. The lowest BCUT2D eigenvalue weighted by Crippen LogP contribution is -2.23. The van der Waals surface area contributed by atoms with Crippen molar-refractivity contribution < 1.29 is 22.3 Å². The van der Waals surface area contributed by atoms with Gasteiger partial charge in [-0.25, -0.2) is 17.6 Å². The Morgan fingerprint density at radius 1 is 0.818 bits per heavy atom. The molecule has 1 heterocycles. The van der Waals surface area contributed by atoms with Gasteiger partial charge in [-0.1, -0.05) is 54.6 Å². The van der Waals surface area contributed by atoms with E-state index in [1.165, 1.54) is 6.07 Å². The topological polar surface area (TPSA) is 9.23 Å². The SMILES string of the molecule is C=CCCc1ccc(-c2ccc(-c3ccc(C4CCC(C)OC4)c(F)c3F)cc2)c(F)c1F. The first-order valence-electron chi connectivity index (χ1n) is 11.2. The van der Waals surface area contributed by atoms with Crippen molar-refractivity contribution in [3.8, 4) is 22.3 Å². The summed E-state index contributed by atoms with van der Waals surface area (Å²) in [6, 6.07) is 12.6. The lowest BCUT2D eigenvalue weighted by atomic mass is 9.89. The molecule has 0 radical (unpaired) electrons. The minimum Gasteiger partial charge on any atom is -0.378 e. The lowest BCUT2D eigenvalue weighted by Gasteiger charge is -2.27. The maximum atomic E-state index is 14.9. The molecule has 2 unspecified atom stereocenters. The molecule has 33 heavy (non-hydrogen) atoms. The molecule has 1 fully saturated rings. The molecule has 1 aliphatic rings. The average Bonchev–Trinajstić information content (AvgIpc) is 2.83. The number of hydrogen-bond acceptors (Lipinski definition) is 1. The zero-order valence-electron chi connectivity index (χ0n) is 18.5. The van der Waals surface area contributed by atoms with Crippen LogP contribution in [-0.2, 0) is 11.2 Å². The number of allylic oxidation sites excluding steroid dienone is 1. The minimum absolute atomic E-state index is 0.120. The molecule has 4 rings (SSSR count). The van der Waals surface area contributed by atoms with E-state index in [0.717, 1.165) is 12.8 Å². The Balaban J connectivity index is 1.59. The van der Waals surface area contributed by atoms with E-state index in [-0.39, 0.29) is 23.1 Å². The van der Waals surface area contributed by atoms with Crippen molar-refractivity contribution in [2.75, 3.05) is 6.61 Å². The van der Waals surface area contributed by atoms with Crippen LogP contribution in [0.3, 0.4) is 0 Å². The zero-order valence-corrected chi connectivity index (χ0v) is 18.5. The fourth-order valence-corrected chi connectivity index (χ4v) is 4.32. The molecule has 0 saturated carbocycles. The molecular weight excluding hydrogens is 428 g/mol. The maximum absolute atomic E-state index is 14.9. The van der Waals surface area contributed by atoms with Crippen molar-refractivity contribution in [1.82, 2.24) is 0 Å². The first-order chi connectivity index (χ1) is 15.9. The molecule has 0 spiro atoms. The van der Waals surface area contributed by atoms with Crippen LogP contribution < -0.4 is 0 Å². The standard InChI is InChI=1S/C28H26F4O/c1-3-4-5-20-12-13-22(26(30)25(20)29)18-8-10-19(11-9-18)23-14-15-24(28(32)27(23)31)21-7-6-17(2)33-16-21/h3,8-15,17,21H,1,4-7,16H2,2H3. The largest absolute Gasteiger partial charge is 0.378 e. The highest BCUT2D eigenvalue weighted by molar-refractivity contribution is 5.71. The maximum Gasteiger partial charge on any atom is 0.166 e. The smallest absolute Gasteiger partial charge is 0.166 e. The molecule has 2 atom stereocenters. The normalized spacial score (nSPS) is 18.3. The molecule has 1 aliphatic heterocycles. The third kappa shape index (κ3) is 4.74. The Hall–Kier alpha value is -2.92. The first kappa shape index (κ1) is 23.2. The summed E-state index contributed by atoms with van der Waals surface area (Å²) in [5, 5.41) is 0. The van der Waals surface area contributed by atoms with Crippen LogP contribution in [0.25, 0.3) is 22.3 Å². The summed E-state index contributed by atoms with van der Waals surface area (Å²) in [6.07, 6.45) is 4.27. The van der Waals surface area contributed by atoms with E-state index in [1.807, 2.05) is 6.92 Å². The van der Waals surface area contributed by atoms with Crippen molar-refractivity contribution in [3.05, 3.63) is 95.6 Å². The van der Waals surface area contributed by atoms with Gasteiger partial charge in [-0.05, 0) is 54.9 Å². The molecule has 0 N–H and O–H groups in total. The summed E-state index contributed by atoms with van der Waals surface area (Å²) >= 11 is 0. The van der Waals surface area contributed by atoms with Crippen LogP contribution in [0.2, 0.25) is 0 Å². The van der Waals surface area contributed by atoms with Gasteiger partial charge in [0.25, 0.3) is 0 Å². The van der Waals surface area contributed by atoms with E-state index in [1.54, 1.807) is 48.5 Å². The van der Waals surface area contributed by atoms with Crippen LogP contribution >= 0.6 is 0 Å².